The molecule has 0 saturated carbocycles. The number of hydrogen-bond donors (Lipinski definition) is 2. The van der Waals surface area contributed by atoms with Gasteiger partial charge in [-0.1, -0.05) is 0 Å². The average molecular weight is 181 g/mol. The van der Waals surface area contributed by atoms with Gasteiger partial charge in [-0.3, -0.25) is 4.79 Å². The molecule has 1 heterocycles. The average Bonchev–Trinajstić information content (AvgIpc) is 1.59. The van der Waals surface area contributed by atoms with Crippen LogP contribution in [0.15, 0.2) is 11.8 Å². The van der Waals surface area contributed by atoms with E-state index in [-0.39, 0.29) is 29.6 Å². The number of nitrogens with one attached hydrogen (secondary N) is 2. The molecule has 1 aliphatic rings. The highest BCUT2D eigenvalue weighted by molar-refractivity contribution is 7.93. The van der Waals surface area contributed by atoms with Gasteiger partial charge in [0.15, 0.2) is 0 Å². The molecule has 1 rings (SSSR count). The standard InChI is InChI=1S/C5H8N2OS.ClH/c1-4-3-5(8)7-9(2)6-4;/h3H,1-2H3,(H,6,7,8);1H. The predicted molar refractivity (Wildman–Crippen MR) is 38.3 cm³/mol. The Bertz CT molecular complexity index is 171. The Labute approximate surface area is 69.3 Å². The van der Waals surface area contributed by atoms with E-state index in [0.29, 0.717) is 0 Å². The van der Waals surface area contributed by atoms with Gasteiger partial charge in [-0.25, -0.2) is 0 Å². The highest BCUT2D eigenvalue weighted by Crippen LogP contribution is 1.96. The molecule has 2 N–H and O–H groups in total. The third-order valence-electron chi connectivity index (χ3n) is 0.915. The molecule has 0 bridgehead atoms. The molecule has 0 saturated heterocycles. The van der Waals surface area contributed by atoms with Crippen molar-refractivity contribution in [2.45, 2.75) is 6.92 Å². The first kappa shape index (κ1) is 9.65. The number of rotatable bonds is 0. The minimum Gasteiger partial charge on any atom is -1.00 e. The van der Waals surface area contributed by atoms with Crippen molar-refractivity contribution in [2.24, 2.45) is 0 Å². The molecule has 0 aromatic heterocycles. The molecule has 0 aromatic rings. The zero-order valence-corrected chi connectivity index (χ0v) is 7.34. The third kappa shape index (κ3) is 2.49. The van der Waals surface area contributed by atoms with Crippen molar-refractivity contribution in [3.05, 3.63) is 11.8 Å². The van der Waals surface area contributed by atoms with Crippen molar-refractivity contribution in [1.29, 1.82) is 0 Å². The van der Waals surface area contributed by atoms with E-state index in [2.05, 4.69) is 9.44 Å². The fourth-order valence-corrected chi connectivity index (χ4v) is 1.63. The molecule has 0 aliphatic carbocycles. The van der Waals surface area contributed by atoms with Gasteiger partial charge in [-0.2, -0.15) is 4.72 Å². The molecule has 58 valence electrons. The maximum Gasteiger partial charge on any atom is 0.288 e. The Morgan fingerprint density at radius 3 is 2.50 bits per heavy atom. The Kier molecular flexibility index (Phi) is 3.60. The topological polar surface area (TPSA) is 41.1 Å². The summed E-state index contributed by atoms with van der Waals surface area (Å²) in [5.41, 5.74) is 0.935. The van der Waals surface area contributed by atoms with Gasteiger partial charge < -0.3 is 12.4 Å². The number of carbonyl (C=O) groups is 1. The van der Waals surface area contributed by atoms with Gasteiger partial charge >= 0.3 is 0 Å². The zero-order valence-electron chi connectivity index (χ0n) is 5.77. The summed E-state index contributed by atoms with van der Waals surface area (Å²) in [6.45, 7) is 1.88. The van der Waals surface area contributed by atoms with Crippen LogP contribution in [0, 0.1) is 0 Å². The molecule has 0 spiro atoms. The SMILES string of the molecule is CC1=CC(=O)N[S+](C)N1.[Cl-]. The van der Waals surface area contributed by atoms with Gasteiger partial charge in [0, 0.05) is 6.08 Å². The zero-order chi connectivity index (χ0) is 6.85. The summed E-state index contributed by atoms with van der Waals surface area (Å²) in [5, 5.41) is 0. The quantitative estimate of drug-likeness (QED) is 0.384. The lowest BCUT2D eigenvalue weighted by Gasteiger charge is -2.09. The lowest BCUT2D eigenvalue weighted by Crippen LogP contribution is -3.00. The summed E-state index contributed by atoms with van der Waals surface area (Å²) in [7, 11) is 0. The largest absolute Gasteiger partial charge is 1.00 e. The fraction of sp³-hybridized carbons (Fsp3) is 0.400. The molecule has 5 heteroatoms. The van der Waals surface area contributed by atoms with E-state index in [1.54, 1.807) is 6.08 Å². The van der Waals surface area contributed by atoms with Gasteiger partial charge in [-0.15, -0.1) is 4.72 Å². The molecule has 1 unspecified atom stereocenters. The molecular weight excluding hydrogens is 172 g/mol. The monoisotopic (exact) mass is 180 g/mol. The molecular formula is C5H9ClN2OS. The number of halogens is 1. The molecule has 1 amide bonds. The smallest absolute Gasteiger partial charge is 0.288 e. The van der Waals surface area contributed by atoms with Crippen molar-refractivity contribution in [1.82, 2.24) is 9.44 Å². The summed E-state index contributed by atoms with van der Waals surface area (Å²) in [5.74, 6) is -0.00270. The van der Waals surface area contributed by atoms with Gasteiger partial charge in [-0.05, 0) is 6.92 Å². The summed E-state index contributed by atoms with van der Waals surface area (Å²) in [4.78, 5) is 10.7. The minimum absolute atomic E-state index is 0. The molecule has 0 fully saturated rings. The summed E-state index contributed by atoms with van der Waals surface area (Å²) in [6, 6.07) is 0. The first-order chi connectivity index (χ1) is 4.18. The maximum absolute atomic E-state index is 10.7. The van der Waals surface area contributed by atoms with E-state index < -0.39 is 0 Å². The number of hydrogen-bond acceptors (Lipinski definition) is 2. The Balaban J connectivity index is 0.000000810. The van der Waals surface area contributed by atoms with Gasteiger partial charge in [0.05, 0.1) is 5.70 Å². The lowest BCUT2D eigenvalue weighted by atomic mass is 10.4. The van der Waals surface area contributed by atoms with E-state index in [1.807, 2.05) is 13.2 Å². The van der Waals surface area contributed by atoms with Crippen molar-refractivity contribution in [3.8, 4) is 0 Å². The fourth-order valence-electron chi connectivity index (χ4n) is 0.673. The van der Waals surface area contributed by atoms with Crippen molar-refractivity contribution < 1.29 is 17.2 Å². The van der Waals surface area contributed by atoms with Crippen LogP contribution in [0.5, 0.6) is 0 Å². The van der Waals surface area contributed by atoms with Crippen LogP contribution in [0.4, 0.5) is 0 Å². The first-order valence-electron chi connectivity index (χ1n) is 2.60. The van der Waals surface area contributed by atoms with Crippen LogP contribution < -0.4 is 21.9 Å². The summed E-state index contributed by atoms with van der Waals surface area (Å²) in [6.07, 6.45) is 3.47. The van der Waals surface area contributed by atoms with Gasteiger partial charge in [0.25, 0.3) is 5.91 Å². The molecule has 10 heavy (non-hydrogen) atoms. The molecule has 3 nitrogen and oxygen atoms in total. The molecule has 0 radical (unpaired) electrons. The maximum atomic E-state index is 10.7. The number of amides is 1. The summed E-state index contributed by atoms with van der Waals surface area (Å²) < 4.78 is 5.78. The second-order valence-corrected chi connectivity index (χ2v) is 3.33. The lowest BCUT2D eigenvalue weighted by molar-refractivity contribution is -0.114. The molecule has 0 aromatic carbocycles. The predicted octanol–water partition coefficient (Wildman–Crippen LogP) is -3.31. The van der Waals surface area contributed by atoms with Crippen LogP contribution in [0.2, 0.25) is 0 Å². The van der Waals surface area contributed by atoms with E-state index in [0.717, 1.165) is 5.70 Å². The summed E-state index contributed by atoms with van der Waals surface area (Å²) >= 11 is -0.168. The van der Waals surface area contributed by atoms with Crippen LogP contribution in [0.3, 0.4) is 0 Å². The number of carbonyl (C=O) groups excluding carboxylic acids is 1. The minimum atomic E-state index is -0.168. The van der Waals surface area contributed by atoms with E-state index in [1.165, 1.54) is 0 Å². The molecule has 1 aliphatic heterocycles. The van der Waals surface area contributed by atoms with Crippen LogP contribution in [-0.4, -0.2) is 12.2 Å². The van der Waals surface area contributed by atoms with Crippen LogP contribution in [0.25, 0.3) is 0 Å². The highest BCUT2D eigenvalue weighted by atomic mass is 35.5. The Morgan fingerprint density at radius 1 is 1.50 bits per heavy atom. The molecule has 1 atom stereocenters. The third-order valence-corrected chi connectivity index (χ3v) is 2.05. The van der Waals surface area contributed by atoms with E-state index >= 15 is 0 Å². The Hall–Kier alpha value is -0.350. The highest BCUT2D eigenvalue weighted by Gasteiger charge is 2.19. The first-order valence-corrected chi connectivity index (χ1v) is 4.23. The van der Waals surface area contributed by atoms with Crippen molar-refractivity contribution in [3.63, 3.8) is 0 Å². The van der Waals surface area contributed by atoms with Crippen LogP contribution in [0.1, 0.15) is 6.92 Å². The van der Waals surface area contributed by atoms with Crippen LogP contribution >= 0.6 is 0 Å². The van der Waals surface area contributed by atoms with E-state index in [4.69, 9.17) is 0 Å². The van der Waals surface area contributed by atoms with Crippen molar-refractivity contribution >= 4 is 17.2 Å². The second kappa shape index (κ2) is 3.73. The van der Waals surface area contributed by atoms with E-state index in [9.17, 15) is 4.79 Å². The van der Waals surface area contributed by atoms with Crippen molar-refractivity contribution in [2.75, 3.05) is 6.26 Å². The second-order valence-electron chi connectivity index (χ2n) is 1.91. The van der Waals surface area contributed by atoms with Gasteiger partial charge in [0.1, 0.15) is 6.26 Å². The van der Waals surface area contributed by atoms with Crippen LogP contribution in [-0.2, 0) is 16.1 Å². The normalized spacial score (nSPS) is 23.6. The Morgan fingerprint density at radius 2 is 2.10 bits per heavy atom. The number of allylic oxidation sites excluding steroid dienone is 1. The van der Waals surface area contributed by atoms with Gasteiger partial charge in [0.2, 0.25) is 11.3 Å².